The van der Waals surface area contributed by atoms with E-state index in [9.17, 15) is 4.79 Å². The van der Waals surface area contributed by atoms with E-state index < -0.39 is 0 Å². The number of para-hydroxylation sites is 1. The summed E-state index contributed by atoms with van der Waals surface area (Å²) in [5, 5.41) is 17.4. The van der Waals surface area contributed by atoms with Gasteiger partial charge in [0, 0.05) is 25.4 Å². The number of carbonyl (C=O) groups is 1. The maximum Gasteiger partial charge on any atom is 0.234 e. The first-order valence-corrected chi connectivity index (χ1v) is 11.6. The zero-order valence-corrected chi connectivity index (χ0v) is 20.0. The van der Waals surface area contributed by atoms with Gasteiger partial charge in [0.15, 0.2) is 11.0 Å². The molecule has 2 heterocycles. The third-order valence-corrected chi connectivity index (χ3v) is 6.22. The topological polar surface area (TPSA) is 86.9 Å². The SMILES string of the molecule is CCn1c(SCC(=O)Nc2ccccc2Cl)nnc1-c1cn(C)nc1-c1cccc(OC)c1. The highest BCUT2D eigenvalue weighted by Gasteiger charge is 2.21. The van der Waals surface area contributed by atoms with Crippen LogP contribution < -0.4 is 10.1 Å². The van der Waals surface area contributed by atoms with Crippen molar-refractivity contribution in [1.82, 2.24) is 24.5 Å². The van der Waals surface area contributed by atoms with Gasteiger partial charge >= 0.3 is 0 Å². The van der Waals surface area contributed by atoms with E-state index in [1.54, 1.807) is 23.9 Å². The molecular formula is C23H23ClN6O2S. The van der Waals surface area contributed by atoms with Crippen molar-refractivity contribution >= 4 is 35.0 Å². The quantitative estimate of drug-likeness (QED) is 0.364. The number of nitrogens with one attached hydrogen (secondary N) is 1. The van der Waals surface area contributed by atoms with Crippen molar-refractivity contribution in [2.24, 2.45) is 7.05 Å². The number of anilines is 1. The molecule has 8 nitrogen and oxygen atoms in total. The molecule has 1 N–H and O–H groups in total. The Morgan fingerprint density at radius 1 is 1.18 bits per heavy atom. The molecule has 2 aromatic carbocycles. The monoisotopic (exact) mass is 482 g/mol. The molecule has 33 heavy (non-hydrogen) atoms. The van der Waals surface area contributed by atoms with E-state index in [1.165, 1.54) is 11.8 Å². The molecule has 0 aliphatic rings. The minimum atomic E-state index is -0.168. The summed E-state index contributed by atoms with van der Waals surface area (Å²) in [6.07, 6.45) is 1.92. The molecular weight excluding hydrogens is 460 g/mol. The van der Waals surface area contributed by atoms with E-state index in [1.807, 2.05) is 61.1 Å². The fourth-order valence-corrected chi connectivity index (χ4v) is 4.38. The van der Waals surface area contributed by atoms with Crippen LogP contribution in [-0.2, 0) is 18.4 Å². The van der Waals surface area contributed by atoms with Crippen molar-refractivity contribution < 1.29 is 9.53 Å². The average Bonchev–Trinajstić information content (AvgIpc) is 3.41. The number of benzene rings is 2. The molecule has 0 radical (unpaired) electrons. The summed E-state index contributed by atoms with van der Waals surface area (Å²) in [5.41, 5.74) is 3.14. The number of methoxy groups -OCH3 is 1. The summed E-state index contributed by atoms with van der Waals surface area (Å²) < 4.78 is 9.10. The van der Waals surface area contributed by atoms with Crippen LogP contribution in [0.5, 0.6) is 5.75 Å². The van der Waals surface area contributed by atoms with Gasteiger partial charge in [-0.15, -0.1) is 10.2 Å². The summed E-state index contributed by atoms with van der Waals surface area (Å²) in [6, 6.07) is 14.9. The van der Waals surface area contributed by atoms with E-state index in [2.05, 4.69) is 20.6 Å². The molecule has 0 unspecified atom stereocenters. The Kier molecular flexibility index (Phi) is 7.00. The number of amides is 1. The first-order chi connectivity index (χ1) is 16.0. The third-order valence-electron chi connectivity index (χ3n) is 4.93. The lowest BCUT2D eigenvalue weighted by Crippen LogP contribution is -2.15. The Morgan fingerprint density at radius 3 is 2.76 bits per heavy atom. The molecule has 4 rings (SSSR count). The first kappa shape index (κ1) is 22.9. The second-order valence-corrected chi connectivity index (χ2v) is 8.51. The molecule has 0 aliphatic heterocycles. The zero-order valence-electron chi connectivity index (χ0n) is 18.4. The molecule has 0 aliphatic carbocycles. The number of hydrogen-bond acceptors (Lipinski definition) is 6. The van der Waals surface area contributed by atoms with Crippen molar-refractivity contribution in [3.05, 3.63) is 59.8 Å². The van der Waals surface area contributed by atoms with Gasteiger partial charge in [-0.1, -0.05) is 47.6 Å². The number of nitrogens with zero attached hydrogens (tertiary/aromatic N) is 5. The lowest BCUT2D eigenvalue weighted by molar-refractivity contribution is -0.113. The van der Waals surface area contributed by atoms with Crippen LogP contribution in [0.2, 0.25) is 5.02 Å². The number of hydrogen-bond donors (Lipinski definition) is 1. The predicted octanol–water partition coefficient (Wildman–Crippen LogP) is 4.76. The average molecular weight is 483 g/mol. The highest BCUT2D eigenvalue weighted by atomic mass is 35.5. The Hall–Kier alpha value is -3.30. The normalized spacial score (nSPS) is 10.9. The Balaban J connectivity index is 1.57. The summed E-state index contributed by atoms with van der Waals surface area (Å²) in [4.78, 5) is 12.4. The van der Waals surface area contributed by atoms with Gasteiger partial charge in [-0.25, -0.2) is 0 Å². The van der Waals surface area contributed by atoms with Crippen LogP contribution in [0, 0.1) is 0 Å². The van der Waals surface area contributed by atoms with Gasteiger partial charge in [-0.05, 0) is 31.2 Å². The molecule has 10 heteroatoms. The number of thioether (sulfide) groups is 1. The molecule has 0 fully saturated rings. The number of aryl methyl sites for hydroxylation is 1. The number of aromatic nitrogens is 5. The Labute approximate surface area is 200 Å². The van der Waals surface area contributed by atoms with Crippen molar-refractivity contribution in [3.63, 3.8) is 0 Å². The number of ether oxygens (including phenoxy) is 1. The minimum Gasteiger partial charge on any atom is -0.497 e. The van der Waals surface area contributed by atoms with Gasteiger partial charge in [0.05, 0.1) is 29.1 Å². The molecule has 0 spiro atoms. The molecule has 0 saturated carbocycles. The van der Waals surface area contributed by atoms with Crippen molar-refractivity contribution in [2.45, 2.75) is 18.6 Å². The van der Waals surface area contributed by atoms with Crippen molar-refractivity contribution in [3.8, 4) is 28.4 Å². The van der Waals surface area contributed by atoms with E-state index in [0.29, 0.717) is 28.2 Å². The fourth-order valence-electron chi connectivity index (χ4n) is 3.39. The molecule has 0 atom stereocenters. The van der Waals surface area contributed by atoms with Crippen LogP contribution in [0.1, 0.15) is 6.92 Å². The Morgan fingerprint density at radius 2 is 2.00 bits per heavy atom. The van der Waals surface area contributed by atoms with Crippen LogP contribution in [-0.4, -0.2) is 43.3 Å². The molecule has 170 valence electrons. The smallest absolute Gasteiger partial charge is 0.234 e. The second-order valence-electron chi connectivity index (χ2n) is 7.16. The van der Waals surface area contributed by atoms with E-state index >= 15 is 0 Å². The van der Waals surface area contributed by atoms with Crippen LogP contribution in [0.15, 0.2) is 59.9 Å². The molecule has 4 aromatic rings. The predicted molar refractivity (Wildman–Crippen MR) is 131 cm³/mol. The van der Waals surface area contributed by atoms with Crippen molar-refractivity contribution in [1.29, 1.82) is 0 Å². The largest absolute Gasteiger partial charge is 0.497 e. The minimum absolute atomic E-state index is 0.168. The van der Waals surface area contributed by atoms with E-state index in [-0.39, 0.29) is 11.7 Å². The van der Waals surface area contributed by atoms with Crippen LogP contribution in [0.3, 0.4) is 0 Å². The van der Waals surface area contributed by atoms with E-state index in [4.69, 9.17) is 16.3 Å². The van der Waals surface area contributed by atoms with Crippen LogP contribution in [0.4, 0.5) is 5.69 Å². The maximum atomic E-state index is 12.4. The maximum absolute atomic E-state index is 12.4. The number of rotatable bonds is 8. The fraction of sp³-hybridized carbons (Fsp3) is 0.217. The van der Waals surface area contributed by atoms with Gasteiger partial charge in [0.25, 0.3) is 0 Å². The van der Waals surface area contributed by atoms with Gasteiger partial charge in [-0.2, -0.15) is 5.10 Å². The Bertz CT molecular complexity index is 1290. The summed E-state index contributed by atoms with van der Waals surface area (Å²) in [5.74, 6) is 1.46. The third kappa shape index (κ3) is 5.04. The summed E-state index contributed by atoms with van der Waals surface area (Å²) >= 11 is 7.45. The summed E-state index contributed by atoms with van der Waals surface area (Å²) in [6.45, 7) is 2.66. The van der Waals surface area contributed by atoms with E-state index in [0.717, 1.165) is 22.6 Å². The lowest BCUT2D eigenvalue weighted by atomic mass is 10.1. The second kappa shape index (κ2) is 10.1. The molecule has 0 bridgehead atoms. The molecule has 2 aromatic heterocycles. The van der Waals surface area contributed by atoms with Gasteiger partial charge in [0.1, 0.15) is 11.4 Å². The number of halogens is 1. The highest BCUT2D eigenvalue weighted by Crippen LogP contribution is 2.33. The first-order valence-electron chi connectivity index (χ1n) is 10.3. The molecule has 1 amide bonds. The van der Waals surface area contributed by atoms with Gasteiger partial charge < -0.3 is 14.6 Å². The van der Waals surface area contributed by atoms with Gasteiger partial charge in [-0.3, -0.25) is 9.48 Å². The summed E-state index contributed by atoms with van der Waals surface area (Å²) in [7, 11) is 3.51. The van der Waals surface area contributed by atoms with Crippen LogP contribution >= 0.6 is 23.4 Å². The van der Waals surface area contributed by atoms with Crippen molar-refractivity contribution in [2.75, 3.05) is 18.2 Å². The molecule has 0 saturated heterocycles. The highest BCUT2D eigenvalue weighted by molar-refractivity contribution is 7.99. The lowest BCUT2D eigenvalue weighted by Gasteiger charge is -2.09. The zero-order chi connectivity index (χ0) is 23.4. The van der Waals surface area contributed by atoms with Crippen LogP contribution in [0.25, 0.3) is 22.6 Å². The standard InChI is InChI=1S/C23H23ClN6O2S/c1-4-30-22(17-13-29(2)28-21(17)15-8-7-9-16(12-15)32-3)26-27-23(30)33-14-20(31)25-19-11-6-5-10-18(19)24/h5-13H,4,14H2,1-3H3,(H,25,31). The van der Waals surface area contributed by atoms with Gasteiger partial charge in [0.2, 0.25) is 5.91 Å². The number of carbonyl (C=O) groups excluding carboxylic acids is 1.